The van der Waals surface area contributed by atoms with Gasteiger partial charge < -0.3 is 15.1 Å². The first-order valence-corrected chi connectivity index (χ1v) is 13.3. The van der Waals surface area contributed by atoms with Gasteiger partial charge >= 0.3 is 6.03 Å². The number of rotatable bonds is 5. The number of anilines is 2. The molecule has 0 saturated carbocycles. The van der Waals surface area contributed by atoms with Gasteiger partial charge in [0.2, 0.25) is 0 Å². The van der Waals surface area contributed by atoms with Gasteiger partial charge in [-0.3, -0.25) is 0 Å². The lowest BCUT2D eigenvalue weighted by molar-refractivity contribution is 0.215. The smallest absolute Gasteiger partial charge is 0.321 e. The molecule has 0 radical (unpaired) electrons. The summed E-state index contributed by atoms with van der Waals surface area (Å²) < 4.78 is 1.91. The fraction of sp³-hybridized carbons (Fsp3) is 0.333. The number of halogens is 2. The number of fused-ring (bicyclic) bond motifs is 1. The first-order valence-electron chi connectivity index (χ1n) is 12.5. The van der Waals surface area contributed by atoms with Crippen molar-refractivity contribution in [1.29, 1.82) is 0 Å². The van der Waals surface area contributed by atoms with Crippen LogP contribution in [0.1, 0.15) is 31.3 Å². The zero-order valence-corrected chi connectivity index (χ0v) is 22.4. The fourth-order valence-corrected chi connectivity index (χ4v) is 4.93. The van der Waals surface area contributed by atoms with E-state index in [1.54, 1.807) is 18.2 Å². The van der Waals surface area contributed by atoms with Crippen LogP contribution in [0, 0.1) is 6.92 Å². The Morgan fingerprint density at radius 2 is 1.81 bits per heavy atom. The van der Waals surface area contributed by atoms with Crippen molar-refractivity contribution in [2.45, 2.75) is 33.1 Å². The number of carbonyl (C=O) groups is 1. The number of nitrogens with zero attached hydrogens (tertiary/aromatic N) is 6. The number of benzene rings is 2. The zero-order valence-electron chi connectivity index (χ0n) is 20.9. The van der Waals surface area contributed by atoms with Crippen LogP contribution in [-0.4, -0.2) is 56.9 Å². The van der Waals surface area contributed by atoms with E-state index in [4.69, 9.17) is 38.3 Å². The first-order chi connectivity index (χ1) is 17.9. The Balaban J connectivity index is 1.42. The second kappa shape index (κ2) is 10.9. The molecule has 4 aromatic rings. The summed E-state index contributed by atoms with van der Waals surface area (Å²) in [5.74, 6) is 1.69. The minimum atomic E-state index is -0.159. The van der Waals surface area contributed by atoms with Crippen LogP contribution in [0.5, 0.6) is 0 Å². The van der Waals surface area contributed by atoms with E-state index < -0.39 is 0 Å². The summed E-state index contributed by atoms with van der Waals surface area (Å²) in [4.78, 5) is 27.0. The average Bonchev–Trinajstić information content (AvgIpc) is 3.06. The third kappa shape index (κ3) is 5.36. The summed E-state index contributed by atoms with van der Waals surface area (Å²) >= 11 is 12.1. The topological polar surface area (TPSA) is 79.2 Å². The van der Waals surface area contributed by atoms with Crippen molar-refractivity contribution in [3.05, 3.63) is 70.1 Å². The summed E-state index contributed by atoms with van der Waals surface area (Å²) in [6.45, 7) is 6.77. The summed E-state index contributed by atoms with van der Waals surface area (Å²) in [5.41, 5.74) is 3.28. The van der Waals surface area contributed by atoms with E-state index in [0.717, 1.165) is 59.9 Å². The maximum absolute atomic E-state index is 13.0. The highest BCUT2D eigenvalue weighted by atomic mass is 35.5. The molecule has 0 atom stereocenters. The van der Waals surface area contributed by atoms with Crippen molar-refractivity contribution < 1.29 is 4.79 Å². The van der Waals surface area contributed by atoms with Crippen LogP contribution in [-0.2, 0) is 6.42 Å². The van der Waals surface area contributed by atoms with E-state index in [1.165, 1.54) is 0 Å². The maximum Gasteiger partial charge on any atom is 0.321 e. The number of urea groups is 1. The number of amides is 2. The quantitative estimate of drug-likeness (QED) is 0.331. The summed E-state index contributed by atoms with van der Waals surface area (Å²) in [6.07, 6.45) is 2.55. The van der Waals surface area contributed by atoms with Crippen molar-refractivity contribution in [3.8, 4) is 5.69 Å². The zero-order chi connectivity index (χ0) is 25.9. The van der Waals surface area contributed by atoms with Gasteiger partial charge in [-0.1, -0.05) is 48.3 Å². The van der Waals surface area contributed by atoms with E-state index in [0.29, 0.717) is 35.4 Å². The van der Waals surface area contributed by atoms with Crippen LogP contribution in [0.25, 0.3) is 16.7 Å². The second-order valence-electron chi connectivity index (χ2n) is 9.13. The predicted octanol–water partition coefficient (Wildman–Crippen LogP) is 6.13. The standard InChI is InChI=1S/C27H29Cl2N7O/c1-3-8-23-31-25(24-18(2)33-36(26(24)32-23)20-9-5-4-6-10-20)34-13-7-14-35(16-15-34)27(37)30-19-11-12-21(28)22(29)17-19/h4-6,9-12,17H,3,7-8,13-16H2,1-2H3,(H,30,37). The third-order valence-corrected chi connectivity index (χ3v) is 7.20. The molecule has 5 rings (SSSR count). The van der Waals surface area contributed by atoms with Gasteiger partial charge in [0.15, 0.2) is 5.65 Å². The Bertz CT molecular complexity index is 1420. The van der Waals surface area contributed by atoms with Crippen molar-refractivity contribution in [3.63, 3.8) is 0 Å². The molecule has 10 heteroatoms. The van der Waals surface area contributed by atoms with Crippen LogP contribution in [0.4, 0.5) is 16.3 Å². The summed E-state index contributed by atoms with van der Waals surface area (Å²) in [7, 11) is 0. The van der Waals surface area contributed by atoms with E-state index >= 15 is 0 Å². The Morgan fingerprint density at radius 1 is 1.00 bits per heavy atom. The fourth-order valence-electron chi connectivity index (χ4n) is 4.63. The number of aromatic nitrogens is 4. The van der Waals surface area contributed by atoms with Gasteiger partial charge in [0.05, 0.1) is 26.8 Å². The van der Waals surface area contributed by atoms with Crippen LogP contribution in [0.2, 0.25) is 10.0 Å². The molecule has 1 saturated heterocycles. The molecule has 2 aromatic heterocycles. The molecule has 0 unspecified atom stereocenters. The van der Waals surface area contributed by atoms with Gasteiger partial charge in [-0.25, -0.2) is 19.4 Å². The Morgan fingerprint density at radius 3 is 2.57 bits per heavy atom. The Kier molecular flexibility index (Phi) is 7.48. The molecule has 1 fully saturated rings. The van der Waals surface area contributed by atoms with Gasteiger partial charge in [-0.2, -0.15) is 5.10 Å². The normalized spacial score (nSPS) is 14.2. The summed E-state index contributed by atoms with van der Waals surface area (Å²) in [6, 6.07) is 15.0. The highest BCUT2D eigenvalue weighted by molar-refractivity contribution is 6.42. The number of carbonyl (C=O) groups excluding carboxylic acids is 1. The molecule has 192 valence electrons. The molecule has 2 amide bonds. The molecule has 1 aliphatic heterocycles. The van der Waals surface area contributed by atoms with Crippen molar-refractivity contribution in [1.82, 2.24) is 24.6 Å². The molecular formula is C27H29Cl2N7O. The molecule has 8 nitrogen and oxygen atoms in total. The number of aryl methyl sites for hydroxylation is 2. The molecule has 37 heavy (non-hydrogen) atoms. The molecule has 3 heterocycles. The predicted molar refractivity (Wildman–Crippen MR) is 149 cm³/mol. The van der Waals surface area contributed by atoms with Gasteiger partial charge in [0, 0.05) is 38.3 Å². The van der Waals surface area contributed by atoms with Gasteiger partial charge in [-0.15, -0.1) is 0 Å². The SMILES string of the molecule is CCCc1nc(N2CCCN(C(=O)Nc3ccc(Cl)c(Cl)c3)CC2)c2c(C)nn(-c3ccccc3)c2n1. The number of hydrogen-bond donors (Lipinski definition) is 1. The maximum atomic E-state index is 13.0. The average molecular weight is 538 g/mol. The van der Waals surface area contributed by atoms with Crippen LogP contribution in [0.15, 0.2) is 48.5 Å². The van der Waals surface area contributed by atoms with Gasteiger partial charge in [0.25, 0.3) is 0 Å². The van der Waals surface area contributed by atoms with E-state index in [1.807, 2.05) is 46.8 Å². The van der Waals surface area contributed by atoms with Crippen molar-refractivity contribution in [2.24, 2.45) is 0 Å². The molecule has 0 bridgehead atoms. The van der Waals surface area contributed by atoms with Crippen molar-refractivity contribution >= 4 is 51.8 Å². The minimum absolute atomic E-state index is 0.159. The van der Waals surface area contributed by atoms with Crippen LogP contribution in [0.3, 0.4) is 0 Å². The molecule has 1 aliphatic rings. The van der Waals surface area contributed by atoms with E-state index in [-0.39, 0.29) is 6.03 Å². The van der Waals surface area contributed by atoms with Gasteiger partial charge in [0.1, 0.15) is 11.6 Å². The monoisotopic (exact) mass is 537 g/mol. The minimum Gasteiger partial charge on any atom is -0.354 e. The first kappa shape index (κ1) is 25.3. The lowest BCUT2D eigenvalue weighted by Gasteiger charge is -2.24. The third-order valence-electron chi connectivity index (χ3n) is 6.46. The molecule has 0 aliphatic carbocycles. The number of hydrogen-bond acceptors (Lipinski definition) is 5. The highest BCUT2D eigenvalue weighted by Gasteiger charge is 2.25. The number of para-hydroxylation sites is 1. The summed E-state index contributed by atoms with van der Waals surface area (Å²) in [5, 5.41) is 9.59. The van der Waals surface area contributed by atoms with Crippen LogP contribution >= 0.6 is 23.2 Å². The Hall–Kier alpha value is -3.36. The van der Waals surface area contributed by atoms with E-state index in [9.17, 15) is 4.79 Å². The largest absolute Gasteiger partial charge is 0.354 e. The lowest BCUT2D eigenvalue weighted by atomic mass is 10.2. The molecule has 2 aromatic carbocycles. The number of nitrogens with one attached hydrogen (secondary N) is 1. The molecule has 1 N–H and O–H groups in total. The lowest BCUT2D eigenvalue weighted by Crippen LogP contribution is -2.38. The second-order valence-corrected chi connectivity index (χ2v) is 9.95. The highest BCUT2D eigenvalue weighted by Crippen LogP contribution is 2.30. The van der Waals surface area contributed by atoms with Crippen molar-refractivity contribution in [2.75, 3.05) is 36.4 Å². The van der Waals surface area contributed by atoms with E-state index in [2.05, 4.69) is 17.1 Å². The molecular weight excluding hydrogens is 509 g/mol. The molecule has 0 spiro atoms. The Labute approximate surface area is 226 Å². The van der Waals surface area contributed by atoms with Crippen LogP contribution < -0.4 is 10.2 Å². The van der Waals surface area contributed by atoms with Gasteiger partial charge in [-0.05, 0) is 50.1 Å².